The van der Waals surface area contributed by atoms with Crippen LogP contribution in [0.2, 0.25) is 0 Å². The van der Waals surface area contributed by atoms with Gasteiger partial charge in [-0.25, -0.2) is 9.50 Å². The molecule has 29 heavy (non-hydrogen) atoms. The van der Waals surface area contributed by atoms with Crippen molar-refractivity contribution in [1.29, 1.82) is 0 Å². The van der Waals surface area contributed by atoms with Crippen LogP contribution in [0, 0.1) is 0 Å². The minimum absolute atomic E-state index is 0.298. The Morgan fingerprint density at radius 3 is 2.90 bits per heavy atom. The third kappa shape index (κ3) is 3.64. The Morgan fingerprint density at radius 1 is 1.10 bits per heavy atom. The van der Waals surface area contributed by atoms with Crippen molar-refractivity contribution < 1.29 is 14.3 Å². The lowest BCUT2D eigenvalue weighted by Crippen LogP contribution is -2.15. The Labute approximate surface area is 172 Å². The quantitative estimate of drug-likeness (QED) is 0.452. The van der Waals surface area contributed by atoms with Crippen LogP contribution in [0.25, 0.3) is 16.2 Å². The molecule has 5 rings (SSSR count). The highest BCUT2D eigenvalue weighted by Gasteiger charge is 2.15. The van der Waals surface area contributed by atoms with Crippen molar-refractivity contribution in [2.45, 2.75) is 12.8 Å². The van der Waals surface area contributed by atoms with E-state index in [-0.39, 0.29) is 0 Å². The summed E-state index contributed by atoms with van der Waals surface area (Å²) in [4.78, 5) is 11.1. The second-order valence-corrected chi connectivity index (χ2v) is 7.99. The first-order valence-corrected chi connectivity index (χ1v) is 10.1. The highest BCUT2D eigenvalue weighted by atomic mass is 32.1. The third-order valence-electron chi connectivity index (χ3n) is 4.61. The van der Waals surface area contributed by atoms with E-state index in [2.05, 4.69) is 11.1 Å². The average molecular weight is 408 g/mol. The van der Waals surface area contributed by atoms with Crippen LogP contribution in [0.5, 0.6) is 17.2 Å². The van der Waals surface area contributed by atoms with Crippen LogP contribution in [-0.4, -0.2) is 40.5 Å². The standard InChI is InChI=1S/C21H20N4O3S/c1-24(2)28-16-5-3-4-15(11-16)17-12-22-21-25(17)23-20(29-21)9-7-14-6-8-18-19(10-14)27-13-26-18/h3-6,8,10-12H,7,9,13H2,1-2H3. The molecule has 1 aliphatic heterocycles. The second-order valence-electron chi connectivity index (χ2n) is 6.95. The molecule has 0 spiro atoms. The Kier molecular flexibility index (Phi) is 4.57. The molecule has 7 nitrogen and oxygen atoms in total. The number of rotatable bonds is 6. The Bertz CT molecular complexity index is 1170. The zero-order valence-corrected chi connectivity index (χ0v) is 17.0. The molecule has 0 saturated heterocycles. The summed E-state index contributed by atoms with van der Waals surface area (Å²) in [6.45, 7) is 0.298. The van der Waals surface area contributed by atoms with Gasteiger partial charge >= 0.3 is 0 Å². The summed E-state index contributed by atoms with van der Waals surface area (Å²) in [5, 5.41) is 7.51. The van der Waals surface area contributed by atoms with Crippen LogP contribution in [0.4, 0.5) is 0 Å². The molecule has 4 aromatic rings. The molecule has 0 aliphatic carbocycles. The van der Waals surface area contributed by atoms with Gasteiger partial charge < -0.3 is 14.3 Å². The van der Waals surface area contributed by atoms with Crippen molar-refractivity contribution in [3.8, 4) is 28.5 Å². The molecule has 0 unspecified atom stereocenters. The molecule has 0 N–H and O–H groups in total. The van der Waals surface area contributed by atoms with Gasteiger partial charge in [0.25, 0.3) is 0 Å². The van der Waals surface area contributed by atoms with E-state index in [1.54, 1.807) is 16.4 Å². The summed E-state index contributed by atoms with van der Waals surface area (Å²) in [6, 6.07) is 14.0. The number of aromatic nitrogens is 3. The van der Waals surface area contributed by atoms with E-state index < -0.39 is 0 Å². The number of hydrogen-bond donors (Lipinski definition) is 0. The van der Waals surface area contributed by atoms with Gasteiger partial charge in [-0.15, -0.1) is 0 Å². The number of fused-ring (bicyclic) bond motifs is 2. The van der Waals surface area contributed by atoms with E-state index in [0.717, 1.165) is 51.3 Å². The number of aryl methyl sites for hydroxylation is 2. The molecule has 1 aliphatic rings. The third-order valence-corrected chi connectivity index (χ3v) is 5.59. The van der Waals surface area contributed by atoms with Crippen LogP contribution < -0.4 is 14.3 Å². The van der Waals surface area contributed by atoms with Crippen LogP contribution in [0.15, 0.2) is 48.7 Å². The molecule has 2 aromatic heterocycles. The smallest absolute Gasteiger partial charge is 0.231 e. The second kappa shape index (κ2) is 7.38. The predicted octanol–water partition coefficient (Wildman–Crippen LogP) is 3.83. The molecular formula is C21H20N4O3S. The lowest BCUT2D eigenvalue weighted by Gasteiger charge is -2.12. The number of ether oxygens (including phenoxy) is 2. The molecule has 0 amide bonds. The SMILES string of the molecule is CN(C)Oc1cccc(-c2cnc3sc(CCc4ccc5c(c4)OCO5)nn23)c1. The monoisotopic (exact) mass is 408 g/mol. The largest absolute Gasteiger partial charge is 0.454 e. The molecule has 0 bridgehead atoms. The van der Waals surface area contributed by atoms with Gasteiger partial charge in [0.15, 0.2) is 11.5 Å². The normalized spacial score (nSPS) is 12.8. The van der Waals surface area contributed by atoms with Crippen LogP contribution in [0.1, 0.15) is 10.6 Å². The maximum absolute atomic E-state index is 5.66. The summed E-state index contributed by atoms with van der Waals surface area (Å²) in [7, 11) is 3.72. The van der Waals surface area contributed by atoms with E-state index in [4.69, 9.17) is 19.4 Å². The lowest BCUT2D eigenvalue weighted by molar-refractivity contribution is -0.00320. The minimum Gasteiger partial charge on any atom is -0.454 e. The molecule has 0 fully saturated rings. The number of nitrogens with zero attached hydrogens (tertiary/aromatic N) is 4. The summed E-state index contributed by atoms with van der Waals surface area (Å²) in [5.41, 5.74) is 3.18. The molecule has 0 radical (unpaired) electrons. The first-order valence-electron chi connectivity index (χ1n) is 9.33. The van der Waals surface area contributed by atoms with E-state index in [1.807, 2.05) is 61.2 Å². The van der Waals surface area contributed by atoms with Crippen molar-refractivity contribution >= 4 is 16.3 Å². The van der Waals surface area contributed by atoms with Gasteiger partial charge in [-0.2, -0.15) is 10.2 Å². The van der Waals surface area contributed by atoms with Crippen molar-refractivity contribution in [1.82, 2.24) is 19.7 Å². The number of imidazole rings is 1. The Balaban J connectivity index is 1.36. The average Bonchev–Trinajstić information content (AvgIpc) is 3.41. The first kappa shape index (κ1) is 18.0. The zero-order valence-electron chi connectivity index (χ0n) is 16.2. The molecule has 3 heterocycles. The summed E-state index contributed by atoms with van der Waals surface area (Å²) in [5.74, 6) is 2.41. The van der Waals surface area contributed by atoms with Crippen molar-refractivity contribution in [2.24, 2.45) is 0 Å². The zero-order chi connectivity index (χ0) is 19.8. The topological polar surface area (TPSA) is 61.1 Å². The lowest BCUT2D eigenvalue weighted by atomic mass is 10.1. The van der Waals surface area contributed by atoms with Crippen LogP contribution in [0.3, 0.4) is 0 Å². The van der Waals surface area contributed by atoms with Gasteiger partial charge in [0, 0.05) is 26.1 Å². The maximum atomic E-state index is 5.66. The van der Waals surface area contributed by atoms with Crippen molar-refractivity contribution in [3.05, 3.63) is 59.2 Å². The van der Waals surface area contributed by atoms with Crippen molar-refractivity contribution in [3.63, 3.8) is 0 Å². The molecule has 0 atom stereocenters. The molecule has 2 aromatic carbocycles. The highest BCUT2D eigenvalue weighted by Crippen LogP contribution is 2.33. The summed E-state index contributed by atoms with van der Waals surface area (Å²) in [6.07, 6.45) is 3.58. The first-order chi connectivity index (χ1) is 14.2. The van der Waals surface area contributed by atoms with Gasteiger partial charge in [-0.05, 0) is 36.2 Å². The van der Waals surface area contributed by atoms with E-state index >= 15 is 0 Å². The number of hydrogen-bond acceptors (Lipinski definition) is 7. The molecule has 148 valence electrons. The van der Waals surface area contributed by atoms with Crippen LogP contribution in [-0.2, 0) is 12.8 Å². The number of hydroxylamine groups is 2. The van der Waals surface area contributed by atoms with E-state index in [1.165, 1.54) is 5.56 Å². The highest BCUT2D eigenvalue weighted by molar-refractivity contribution is 7.16. The number of benzene rings is 2. The van der Waals surface area contributed by atoms with E-state index in [9.17, 15) is 0 Å². The molecular weight excluding hydrogens is 388 g/mol. The Morgan fingerprint density at radius 2 is 2.00 bits per heavy atom. The van der Waals surface area contributed by atoms with Crippen LogP contribution >= 0.6 is 11.3 Å². The summed E-state index contributed by atoms with van der Waals surface area (Å²) < 4.78 is 12.7. The fourth-order valence-electron chi connectivity index (χ4n) is 3.30. The summed E-state index contributed by atoms with van der Waals surface area (Å²) >= 11 is 1.62. The van der Waals surface area contributed by atoms with E-state index in [0.29, 0.717) is 6.79 Å². The predicted molar refractivity (Wildman–Crippen MR) is 111 cm³/mol. The molecule has 8 heteroatoms. The fourth-order valence-corrected chi connectivity index (χ4v) is 4.17. The molecule has 0 saturated carbocycles. The maximum Gasteiger partial charge on any atom is 0.231 e. The van der Waals surface area contributed by atoms with Crippen molar-refractivity contribution in [2.75, 3.05) is 20.9 Å². The Hall–Kier alpha value is -3.10. The van der Waals surface area contributed by atoms with Gasteiger partial charge in [0.05, 0.1) is 11.9 Å². The van der Waals surface area contributed by atoms with Gasteiger partial charge in [0.2, 0.25) is 11.8 Å². The minimum atomic E-state index is 0.298. The van der Waals surface area contributed by atoms with Gasteiger partial charge in [-0.1, -0.05) is 29.5 Å². The van der Waals surface area contributed by atoms with Gasteiger partial charge in [-0.3, -0.25) is 0 Å². The fraction of sp³-hybridized carbons (Fsp3) is 0.238. The van der Waals surface area contributed by atoms with Gasteiger partial charge in [0.1, 0.15) is 10.8 Å².